The van der Waals surface area contributed by atoms with E-state index in [0.29, 0.717) is 29.7 Å². The predicted octanol–water partition coefficient (Wildman–Crippen LogP) is 2.39. The molecule has 0 aliphatic rings. The van der Waals surface area contributed by atoms with Gasteiger partial charge in [-0.15, -0.1) is 0 Å². The molecule has 0 aliphatic carbocycles. The van der Waals surface area contributed by atoms with Gasteiger partial charge in [0.25, 0.3) is 0 Å². The Balaban J connectivity index is 2.24. The Bertz CT molecular complexity index is 533. The number of nitrogens with two attached hydrogens (primary N) is 1. The summed E-state index contributed by atoms with van der Waals surface area (Å²) < 4.78 is 16.3. The second-order valence-corrected chi connectivity index (χ2v) is 4.14. The number of pyridine rings is 1. The number of para-hydroxylation sites is 1. The van der Waals surface area contributed by atoms with Crippen LogP contribution in [0.4, 0.5) is 0 Å². The van der Waals surface area contributed by atoms with E-state index in [1.165, 1.54) is 0 Å². The molecule has 20 heavy (non-hydrogen) atoms. The number of benzene rings is 1. The first-order valence-corrected chi connectivity index (χ1v) is 6.32. The first-order valence-electron chi connectivity index (χ1n) is 6.32. The first kappa shape index (κ1) is 14.1. The quantitative estimate of drug-likeness (QED) is 0.876. The van der Waals surface area contributed by atoms with Crippen molar-refractivity contribution in [2.24, 2.45) is 5.73 Å². The van der Waals surface area contributed by atoms with E-state index in [2.05, 4.69) is 4.98 Å². The molecule has 0 radical (unpaired) electrons. The predicted molar refractivity (Wildman–Crippen MR) is 76.6 cm³/mol. The highest BCUT2D eigenvalue weighted by Gasteiger charge is 2.12. The topological polar surface area (TPSA) is 66.6 Å². The zero-order valence-corrected chi connectivity index (χ0v) is 11.6. The average Bonchev–Trinajstić information content (AvgIpc) is 2.49. The van der Waals surface area contributed by atoms with E-state index in [1.54, 1.807) is 38.6 Å². The van der Waals surface area contributed by atoms with E-state index < -0.39 is 0 Å². The van der Waals surface area contributed by atoms with Crippen molar-refractivity contribution in [2.75, 3.05) is 20.8 Å². The molecular weight excluding hydrogens is 256 g/mol. The molecule has 1 aromatic heterocycles. The lowest BCUT2D eigenvalue weighted by molar-refractivity contribution is 0.342. The molecule has 2 rings (SSSR count). The maximum Gasteiger partial charge on any atom is 0.219 e. The maximum atomic E-state index is 5.76. The van der Waals surface area contributed by atoms with Crippen molar-refractivity contribution in [3.63, 3.8) is 0 Å². The molecule has 5 heteroatoms. The summed E-state index contributed by atoms with van der Waals surface area (Å²) in [5.41, 5.74) is 6.58. The summed E-state index contributed by atoms with van der Waals surface area (Å²) in [5, 5.41) is 0. The van der Waals surface area contributed by atoms with Crippen molar-refractivity contribution in [3.05, 3.63) is 42.1 Å². The second-order valence-electron chi connectivity index (χ2n) is 4.14. The average molecular weight is 274 g/mol. The highest BCUT2D eigenvalue weighted by Crippen LogP contribution is 2.39. The van der Waals surface area contributed by atoms with E-state index in [0.717, 1.165) is 12.0 Å². The monoisotopic (exact) mass is 274 g/mol. The van der Waals surface area contributed by atoms with Crippen LogP contribution in [-0.2, 0) is 6.42 Å². The first-order chi connectivity index (χ1) is 9.78. The van der Waals surface area contributed by atoms with E-state index in [-0.39, 0.29) is 0 Å². The van der Waals surface area contributed by atoms with Crippen LogP contribution in [0.15, 0.2) is 36.5 Å². The zero-order valence-electron chi connectivity index (χ0n) is 11.6. The zero-order chi connectivity index (χ0) is 14.4. The van der Waals surface area contributed by atoms with Gasteiger partial charge in [0.15, 0.2) is 11.5 Å². The number of rotatable bonds is 6. The molecule has 0 unspecified atom stereocenters. The van der Waals surface area contributed by atoms with E-state index >= 15 is 0 Å². The molecule has 2 aromatic rings. The second kappa shape index (κ2) is 6.77. The fourth-order valence-electron chi connectivity index (χ4n) is 1.81. The molecule has 0 saturated carbocycles. The van der Waals surface area contributed by atoms with Crippen LogP contribution in [0.2, 0.25) is 0 Å². The number of methoxy groups -OCH3 is 2. The number of aromatic nitrogens is 1. The molecule has 106 valence electrons. The van der Waals surface area contributed by atoms with Gasteiger partial charge in [-0.25, -0.2) is 4.98 Å². The SMILES string of the molecule is COc1cccc(OC)c1Oc1ccc(CCN)cn1. The lowest BCUT2D eigenvalue weighted by Crippen LogP contribution is -2.03. The summed E-state index contributed by atoms with van der Waals surface area (Å²) in [4.78, 5) is 4.25. The van der Waals surface area contributed by atoms with Crippen LogP contribution in [0.5, 0.6) is 23.1 Å². The van der Waals surface area contributed by atoms with Gasteiger partial charge in [0.05, 0.1) is 14.2 Å². The summed E-state index contributed by atoms with van der Waals surface area (Å²) in [6.45, 7) is 0.599. The minimum Gasteiger partial charge on any atom is -0.493 e. The van der Waals surface area contributed by atoms with Crippen molar-refractivity contribution in [2.45, 2.75) is 6.42 Å². The Labute approximate surface area is 118 Å². The van der Waals surface area contributed by atoms with Crippen molar-refractivity contribution < 1.29 is 14.2 Å². The third kappa shape index (κ3) is 3.19. The van der Waals surface area contributed by atoms with Gasteiger partial charge in [-0.05, 0) is 30.7 Å². The van der Waals surface area contributed by atoms with Gasteiger partial charge in [-0.2, -0.15) is 0 Å². The number of nitrogens with zero attached hydrogens (tertiary/aromatic N) is 1. The summed E-state index contributed by atoms with van der Waals surface area (Å²) in [7, 11) is 3.17. The van der Waals surface area contributed by atoms with Gasteiger partial charge < -0.3 is 19.9 Å². The van der Waals surface area contributed by atoms with Crippen LogP contribution in [0.1, 0.15) is 5.56 Å². The molecule has 1 aromatic carbocycles. The smallest absolute Gasteiger partial charge is 0.219 e. The Morgan fingerprint density at radius 2 is 1.75 bits per heavy atom. The third-order valence-electron chi connectivity index (χ3n) is 2.82. The van der Waals surface area contributed by atoms with Crippen LogP contribution >= 0.6 is 0 Å². The van der Waals surface area contributed by atoms with Gasteiger partial charge in [-0.1, -0.05) is 12.1 Å². The molecular formula is C15H18N2O3. The molecule has 0 fully saturated rings. The number of ether oxygens (including phenoxy) is 3. The van der Waals surface area contributed by atoms with Crippen LogP contribution in [0, 0.1) is 0 Å². The Morgan fingerprint density at radius 1 is 1.05 bits per heavy atom. The normalized spacial score (nSPS) is 10.2. The van der Waals surface area contributed by atoms with E-state index in [1.807, 2.05) is 12.1 Å². The van der Waals surface area contributed by atoms with Crippen molar-refractivity contribution in [1.82, 2.24) is 4.98 Å². The number of hydrogen-bond donors (Lipinski definition) is 1. The van der Waals surface area contributed by atoms with Gasteiger partial charge in [0.1, 0.15) is 0 Å². The Kier molecular flexibility index (Phi) is 4.79. The molecule has 0 atom stereocenters. The fourth-order valence-corrected chi connectivity index (χ4v) is 1.81. The Hall–Kier alpha value is -2.27. The fraction of sp³-hybridized carbons (Fsp3) is 0.267. The third-order valence-corrected chi connectivity index (χ3v) is 2.82. The van der Waals surface area contributed by atoms with Crippen LogP contribution in [-0.4, -0.2) is 25.7 Å². The molecule has 2 N–H and O–H groups in total. The minimum atomic E-state index is 0.480. The van der Waals surface area contributed by atoms with E-state index in [9.17, 15) is 0 Å². The molecule has 0 spiro atoms. The standard InChI is InChI=1S/C15H18N2O3/c1-18-12-4-3-5-13(19-2)15(12)20-14-7-6-11(8-9-16)10-17-14/h3-7,10H,8-9,16H2,1-2H3. The highest BCUT2D eigenvalue weighted by molar-refractivity contribution is 5.52. The van der Waals surface area contributed by atoms with Crippen molar-refractivity contribution in [3.8, 4) is 23.1 Å². The summed E-state index contributed by atoms with van der Waals surface area (Å²) in [6.07, 6.45) is 2.55. The maximum absolute atomic E-state index is 5.76. The summed E-state index contributed by atoms with van der Waals surface area (Å²) in [5.74, 6) is 2.18. The molecule has 0 aliphatic heterocycles. The molecule has 0 amide bonds. The van der Waals surface area contributed by atoms with Crippen LogP contribution in [0.25, 0.3) is 0 Å². The molecule has 5 nitrogen and oxygen atoms in total. The van der Waals surface area contributed by atoms with Gasteiger partial charge in [0.2, 0.25) is 11.6 Å². The molecule has 0 bridgehead atoms. The lowest BCUT2D eigenvalue weighted by Gasteiger charge is -2.13. The van der Waals surface area contributed by atoms with Crippen molar-refractivity contribution >= 4 is 0 Å². The lowest BCUT2D eigenvalue weighted by atomic mass is 10.2. The summed E-state index contributed by atoms with van der Waals surface area (Å²) >= 11 is 0. The minimum absolute atomic E-state index is 0.480. The summed E-state index contributed by atoms with van der Waals surface area (Å²) in [6, 6.07) is 9.19. The molecule has 0 saturated heterocycles. The largest absolute Gasteiger partial charge is 0.493 e. The van der Waals surface area contributed by atoms with Crippen molar-refractivity contribution in [1.29, 1.82) is 0 Å². The van der Waals surface area contributed by atoms with Gasteiger partial charge in [0, 0.05) is 12.3 Å². The van der Waals surface area contributed by atoms with Crippen LogP contribution < -0.4 is 19.9 Å². The Morgan fingerprint density at radius 3 is 2.25 bits per heavy atom. The number of hydrogen-bond acceptors (Lipinski definition) is 5. The van der Waals surface area contributed by atoms with Gasteiger partial charge in [-0.3, -0.25) is 0 Å². The van der Waals surface area contributed by atoms with Gasteiger partial charge >= 0.3 is 0 Å². The van der Waals surface area contributed by atoms with Crippen LogP contribution in [0.3, 0.4) is 0 Å². The molecule has 1 heterocycles. The van der Waals surface area contributed by atoms with E-state index in [4.69, 9.17) is 19.9 Å². The highest BCUT2D eigenvalue weighted by atomic mass is 16.5.